The Hall–Kier alpha value is -0.810. The van der Waals surface area contributed by atoms with Crippen molar-refractivity contribution in [3.63, 3.8) is 0 Å². The van der Waals surface area contributed by atoms with Crippen LogP contribution in [0.4, 0.5) is 0 Å². The molecule has 0 bridgehead atoms. The quantitative estimate of drug-likeness (QED) is 0.0580. The zero-order valence-corrected chi connectivity index (χ0v) is 28.2. The van der Waals surface area contributed by atoms with Crippen LogP contribution in [-0.4, -0.2) is 87.5 Å². The predicted octanol–water partition coefficient (Wildman–Crippen LogP) is 5.66. The maximum Gasteiger partial charge on any atom is 0.220 e. The van der Waals surface area contributed by atoms with Gasteiger partial charge in [-0.1, -0.05) is 142 Å². The van der Waals surface area contributed by atoms with Crippen LogP contribution in [0.1, 0.15) is 162 Å². The van der Waals surface area contributed by atoms with E-state index >= 15 is 0 Å². The number of hydrogen-bond donors (Lipinski definition) is 6. The number of amides is 1. The lowest BCUT2D eigenvalue weighted by molar-refractivity contribution is -0.302. The summed E-state index contributed by atoms with van der Waals surface area (Å²) in [4.78, 5) is 12.7. The second-order valence-corrected chi connectivity index (χ2v) is 13.0. The Kier molecular flexibility index (Phi) is 25.6. The Balaban J connectivity index is 2.41. The average Bonchev–Trinajstić information content (AvgIpc) is 3.02. The molecule has 7 atom stereocenters. The van der Waals surface area contributed by atoms with Crippen LogP contribution < -0.4 is 5.32 Å². The fourth-order valence-corrected chi connectivity index (χ4v) is 5.92. The standard InChI is InChI=1S/C35H69NO8/c1-3-5-7-9-11-12-13-14-15-16-17-19-20-22-24-29(38)28(36-31(39)25-23-21-18-10-8-6-4-2)27-43-35-34(42)33(41)32(40)30(26-37)44-35/h28-30,32-35,37-38,40-42H,3-27H2,1-2H3,(H,36,39)/t28-,29+,30+,32-,33?,34?,35+/m0/s1. The lowest BCUT2D eigenvalue weighted by atomic mass is 9.99. The Morgan fingerprint density at radius 2 is 1.14 bits per heavy atom. The summed E-state index contributed by atoms with van der Waals surface area (Å²) in [5, 5.41) is 53.8. The van der Waals surface area contributed by atoms with E-state index in [4.69, 9.17) is 9.47 Å². The van der Waals surface area contributed by atoms with Crippen LogP contribution in [0.25, 0.3) is 0 Å². The predicted molar refractivity (Wildman–Crippen MR) is 175 cm³/mol. The van der Waals surface area contributed by atoms with E-state index in [0.29, 0.717) is 12.8 Å². The molecule has 262 valence electrons. The molecule has 44 heavy (non-hydrogen) atoms. The Labute approximate surface area is 268 Å². The number of carbonyl (C=O) groups excluding carboxylic acids is 1. The summed E-state index contributed by atoms with van der Waals surface area (Å²) < 4.78 is 11.2. The number of hydrogen-bond acceptors (Lipinski definition) is 8. The van der Waals surface area contributed by atoms with Crippen LogP contribution in [-0.2, 0) is 14.3 Å². The summed E-state index contributed by atoms with van der Waals surface area (Å²) in [5.41, 5.74) is 0. The number of rotatable bonds is 29. The minimum Gasteiger partial charge on any atom is -0.394 e. The van der Waals surface area contributed by atoms with Gasteiger partial charge in [-0.3, -0.25) is 4.79 Å². The van der Waals surface area contributed by atoms with E-state index in [-0.39, 0.29) is 12.5 Å². The first-order chi connectivity index (χ1) is 21.3. The van der Waals surface area contributed by atoms with Gasteiger partial charge in [0.1, 0.15) is 24.4 Å². The van der Waals surface area contributed by atoms with Crippen LogP contribution >= 0.6 is 0 Å². The van der Waals surface area contributed by atoms with Crippen molar-refractivity contribution in [3.8, 4) is 0 Å². The zero-order valence-electron chi connectivity index (χ0n) is 28.2. The van der Waals surface area contributed by atoms with Crippen molar-refractivity contribution >= 4 is 5.91 Å². The maximum atomic E-state index is 12.7. The van der Waals surface area contributed by atoms with E-state index in [9.17, 15) is 30.3 Å². The molecule has 0 aromatic rings. The largest absolute Gasteiger partial charge is 0.394 e. The smallest absolute Gasteiger partial charge is 0.220 e. The van der Waals surface area contributed by atoms with Crippen LogP contribution in [0, 0.1) is 0 Å². The molecule has 9 heteroatoms. The highest BCUT2D eigenvalue weighted by Gasteiger charge is 2.44. The van der Waals surface area contributed by atoms with Gasteiger partial charge >= 0.3 is 0 Å². The maximum absolute atomic E-state index is 12.7. The van der Waals surface area contributed by atoms with E-state index in [1.54, 1.807) is 0 Å². The molecule has 1 saturated heterocycles. The van der Waals surface area contributed by atoms with Gasteiger partial charge in [0.15, 0.2) is 6.29 Å². The van der Waals surface area contributed by atoms with E-state index in [0.717, 1.165) is 38.5 Å². The van der Waals surface area contributed by atoms with Crippen LogP contribution in [0.15, 0.2) is 0 Å². The number of unbranched alkanes of at least 4 members (excludes halogenated alkanes) is 19. The van der Waals surface area contributed by atoms with Gasteiger partial charge in [0.25, 0.3) is 0 Å². The van der Waals surface area contributed by atoms with E-state index < -0.39 is 49.5 Å². The SMILES string of the molecule is CCCCCCCCCCCCCCCC[C@@H](O)[C@H](CO[C@@H]1O[C@H](CO)[C@H](O)C(O)C1O)NC(=O)CCCCCCCCC. The topological polar surface area (TPSA) is 149 Å². The minimum absolute atomic E-state index is 0.134. The molecule has 1 amide bonds. The molecular weight excluding hydrogens is 562 g/mol. The monoisotopic (exact) mass is 632 g/mol. The van der Waals surface area contributed by atoms with Crippen molar-refractivity contribution in [2.24, 2.45) is 0 Å². The number of nitrogens with one attached hydrogen (secondary N) is 1. The van der Waals surface area contributed by atoms with Crippen molar-refractivity contribution in [3.05, 3.63) is 0 Å². The first-order valence-electron chi connectivity index (χ1n) is 18.2. The fraction of sp³-hybridized carbons (Fsp3) is 0.971. The lowest BCUT2D eigenvalue weighted by Gasteiger charge is -2.40. The molecule has 1 aliphatic heterocycles. The second-order valence-electron chi connectivity index (χ2n) is 13.0. The number of carbonyl (C=O) groups is 1. The van der Waals surface area contributed by atoms with Crippen molar-refractivity contribution < 1.29 is 39.8 Å². The molecule has 1 fully saturated rings. The molecule has 1 rings (SSSR count). The highest BCUT2D eigenvalue weighted by Crippen LogP contribution is 2.23. The summed E-state index contributed by atoms with van der Waals surface area (Å²) in [6.45, 7) is 3.76. The second kappa shape index (κ2) is 27.3. The van der Waals surface area contributed by atoms with Gasteiger partial charge in [0, 0.05) is 6.42 Å². The molecule has 0 spiro atoms. The highest BCUT2D eigenvalue weighted by molar-refractivity contribution is 5.76. The van der Waals surface area contributed by atoms with E-state index in [1.165, 1.54) is 96.3 Å². The molecule has 0 saturated carbocycles. The first-order valence-corrected chi connectivity index (χ1v) is 18.2. The number of ether oxygens (including phenoxy) is 2. The summed E-state index contributed by atoms with van der Waals surface area (Å²) in [6, 6.07) is -0.707. The molecule has 0 aliphatic carbocycles. The molecule has 9 nitrogen and oxygen atoms in total. The molecule has 0 radical (unpaired) electrons. The summed E-state index contributed by atoms with van der Waals surface area (Å²) >= 11 is 0. The highest BCUT2D eigenvalue weighted by atomic mass is 16.7. The molecule has 1 aliphatic rings. The van der Waals surface area contributed by atoms with Crippen LogP contribution in [0.2, 0.25) is 0 Å². The Morgan fingerprint density at radius 3 is 1.61 bits per heavy atom. The number of aliphatic hydroxyl groups excluding tert-OH is 5. The third-order valence-electron chi connectivity index (χ3n) is 8.96. The molecule has 2 unspecified atom stereocenters. The fourth-order valence-electron chi connectivity index (χ4n) is 5.92. The first kappa shape index (κ1) is 41.2. The van der Waals surface area contributed by atoms with E-state index in [1.807, 2.05) is 0 Å². The third-order valence-corrected chi connectivity index (χ3v) is 8.96. The van der Waals surface area contributed by atoms with Gasteiger partial charge < -0.3 is 40.3 Å². The molecule has 0 aromatic heterocycles. The van der Waals surface area contributed by atoms with Gasteiger partial charge in [-0.15, -0.1) is 0 Å². The van der Waals surface area contributed by atoms with Crippen LogP contribution in [0.5, 0.6) is 0 Å². The van der Waals surface area contributed by atoms with Crippen molar-refractivity contribution in [1.82, 2.24) is 5.32 Å². The Bertz CT molecular complexity index is 667. The van der Waals surface area contributed by atoms with Crippen molar-refractivity contribution in [2.75, 3.05) is 13.2 Å². The van der Waals surface area contributed by atoms with Gasteiger partial charge in [0.2, 0.25) is 5.91 Å². The molecule has 0 aromatic carbocycles. The summed E-state index contributed by atoms with van der Waals surface area (Å²) in [7, 11) is 0. The zero-order chi connectivity index (χ0) is 32.4. The minimum atomic E-state index is -1.54. The van der Waals surface area contributed by atoms with E-state index in [2.05, 4.69) is 19.2 Å². The van der Waals surface area contributed by atoms with Gasteiger partial charge in [-0.2, -0.15) is 0 Å². The Morgan fingerprint density at radius 1 is 0.682 bits per heavy atom. The van der Waals surface area contributed by atoms with Gasteiger partial charge in [0.05, 0.1) is 25.4 Å². The molecular formula is C35H69NO8. The van der Waals surface area contributed by atoms with Gasteiger partial charge in [-0.05, 0) is 12.8 Å². The normalized spacial score (nSPS) is 23.5. The van der Waals surface area contributed by atoms with Crippen LogP contribution in [0.3, 0.4) is 0 Å². The number of aliphatic hydroxyl groups is 5. The van der Waals surface area contributed by atoms with Crippen molar-refractivity contribution in [1.29, 1.82) is 0 Å². The van der Waals surface area contributed by atoms with Gasteiger partial charge in [-0.25, -0.2) is 0 Å². The van der Waals surface area contributed by atoms with Crippen molar-refractivity contribution in [2.45, 2.75) is 204 Å². The molecule has 6 N–H and O–H groups in total. The summed E-state index contributed by atoms with van der Waals surface area (Å²) in [6.07, 6.45) is 18.4. The molecule has 1 heterocycles. The summed E-state index contributed by atoms with van der Waals surface area (Å²) in [5.74, 6) is -0.152. The third kappa shape index (κ3) is 19.0. The average molecular weight is 632 g/mol. The lowest BCUT2D eigenvalue weighted by Crippen LogP contribution is -2.60.